The van der Waals surface area contributed by atoms with Crippen LogP contribution in [0.5, 0.6) is 0 Å². The molecule has 0 aliphatic heterocycles. The topological polar surface area (TPSA) is 32.3 Å². The van der Waals surface area contributed by atoms with Gasteiger partial charge in [0.1, 0.15) is 6.29 Å². The average Bonchev–Trinajstić information content (AvgIpc) is 2.02. The van der Waals surface area contributed by atoms with Gasteiger partial charge in [-0.2, -0.15) is 0 Å². The highest BCUT2D eigenvalue weighted by Gasteiger charge is 1.82. The second-order valence-corrected chi connectivity index (χ2v) is 3.29. The van der Waals surface area contributed by atoms with E-state index >= 15 is 0 Å². The lowest BCUT2D eigenvalue weighted by molar-refractivity contribution is -0.110. The van der Waals surface area contributed by atoms with Gasteiger partial charge in [-0.05, 0) is 21.1 Å². The van der Waals surface area contributed by atoms with Crippen molar-refractivity contribution in [1.82, 2.24) is 10.2 Å². The minimum absolute atomic E-state index is 0.204. The molecule has 3 nitrogen and oxygen atoms in total. The fraction of sp³-hybridized carbons (Fsp3) is 0.889. The van der Waals surface area contributed by atoms with Gasteiger partial charge in [-0.3, -0.25) is 0 Å². The van der Waals surface area contributed by atoms with Gasteiger partial charge in [-0.1, -0.05) is 13.8 Å². The zero-order valence-corrected chi connectivity index (χ0v) is 8.92. The first kappa shape index (κ1) is 14.1. The molecule has 0 saturated carbocycles. The molecule has 0 amide bonds. The summed E-state index contributed by atoms with van der Waals surface area (Å²) in [6.45, 7) is 5.91. The maximum atomic E-state index is 9.50. The molecular weight excluding hydrogens is 152 g/mol. The Bertz CT molecular complexity index is 92.5. The average molecular weight is 174 g/mol. The van der Waals surface area contributed by atoms with E-state index in [-0.39, 0.29) is 5.92 Å². The Kier molecular flexibility index (Phi) is 12.5. The summed E-state index contributed by atoms with van der Waals surface area (Å²) in [7, 11) is 6.10. The summed E-state index contributed by atoms with van der Waals surface area (Å²) in [5.74, 6) is 0.204. The molecule has 0 fully saturated rings. The van der Waals surface area contributed by atoms with Crippen LogP contribution in [-0.4, -0.2) is 45.4 Å². The van der Waals surface area contributed by atoms with Crippen LogP contribution < -0.4 is 5.32 Å². The summed E-state index contributed by atoms with van der Waals surface area (Å²) in [4.78, 5) is 11.7. The van der Waals surface area contributed by atoms with Crippen LogP contribution in [0.25, 0.3) is 0 Å². The molecule has 12 heavy (non-hydrogen) atoms. The van der Waals surface area contributed by atoms with Crippen molar-refractivity contribution < 1.29 is 4.79 Å². The molecule has 1 N–H and O–H groups in total. The van der Waals surface area contributed by atoms with Crippen molar-refractivity contribution in [1.29, 1.82) is 0 Å². The fourth-order valence-corrected chi connectivity index (χ4v) is 0.335. The quantitative estimate of drug-likeness (QED) is 0.634. The van der Waals surface area contributed by atoms with Crippen molar-refractivity contribution >= 4 is 6.29 Å². The fourth-order valence-electron chi connectivity index (χ4n) is 0.335. The monoisotopic (exact) mass is 174 g/mol. The standard InChI is InChI=1S/C5H14N2.C4H8O/c1-6-4-5-7(2)3;1-4(2)3-5/h6H,4-5H2,1-3H3;3-4H,1-2H3. The van der Waals surface area contributed by atoms with Crippen LogP contribution in [0.1, 0.15) is 13.8 Å². The highest BCUT2D eigenvalue weighted by Crippen LogP contribution is 1.78. The lowest BCUT2D eigenvalue weighted by Crippen LogP contribution is -2.23. The molecule has 0 aliphatic rings. The molecule has 0 unspecified atom stereocenters. The number of carbonyl (C=O) groups excluding carboxylic acids is 1. The molecule has 0 atom stereocenters. The second-order valence-electron chi connectivity index (χ2n) is 3.29. The number of hydrogen-bond donors (Lipinski definition) is 1. The Morgan fingerprint density at radius 2 is 1.83 bits per heavy atom. The molecule has 0 radical (unpaired) electrons. The Morgan fingerprint density at radius 3 is 1.92 bits per heavy atom. The molecule has 0 aromatic heterocycles. The largest absolute Gasteiger partial charge is 0.318 e. The number of rotatable bonds is 4. The molecule has 0 rings (SSSR count). The molecule has 0 aromatic rings. The van der Waals surface area contributed by atoms with E-state index in [9.17, 15) is 4.79 Å². The van der Waals surface area contributed by atoms with E-state index in [0.717, 1.165) is 19.4 Å². The first-order chi connectivity index (χ1) is 5.54. The predicted octanol–water partition coefficient (Wildman–Crippen LogP) is 0.609. The van der Waals surface area contributed by atoms with Gasteiger partial charge in [0.05, 0.1) is 0 Å². The van der Waals surface area contributed by atoms with Gasteiger partial charge < -0.3 is 15.0 Å². The first-order valence-electron chi connectivity index (χ1n) is 4.29. The van der Waals surface area contributed by atoms with Gasteiger partial charge in [0, 0.05) is 19.0 Å². The van der Waals surface area contributed by atoms with Crippen molar-refractivity contribution in [3.05, 3.63) is 0 Å². The van der Waals surface area contributed by atoms with Crippen LogP contribution in [0.15, 0.2) is 0 Å². The van der Waals surface area contributed by atoms with E-state index in [1.807, 2.05) is 20.9 Å². The van der Waals surface area contributed by atoms with E-state index in [1.54, 1.807) is 0 Å². The van der Waals surface area contributed by atoms with E-state index in [2.05, 4.69) is 24.3 Å². The van der Waals surface area contributed by atoms with Gasteiger partial charge in [-0.25, -0.2) is 0 Å². The van der Waals surface area contributed by atoms with Crippen LogP contribution in [0, 0.1) is 5.92 Å². The molecule has 0 aromatic carbocycles. The summed E-state index contributed by atoms with van der Waals surface area (Å²) in [6, 6.07) is 0. The van der Waals surface area contributed by atoms with Gasteiger partial charge in [0.15, 0.2) is 0 Å². The number of hydrogen-bond acceptors (Lipinski definition) is 3. The lowest BCUT2D eigenvalue weighted by atomic mass is 10.3. The third kappa shape index (κ3) is 22.6. The van der Waals surface area contributed by atoms with Crippen LogP contribution in [0.3, 0.4) is 0 Å². The molecule has 74 valence electrons. The zero-order valence-electron chi connectivity index (χ0n) is 8.92. The number of likely N-dealkylation sites (N-methyl/N-ethyl adjacent to an activating group) is 2. The normalized spacial score (nSPS) is 9.58. The van der Waals surface area contributed by atoms with Crippen LogP contribution in [0.2, 0.25) is 0 Å². The number of nitrogens with one attached hydrogen (secondary N) is 1. The Morgan fingerprint density at radius 1 is 1.42 bits per heavy atom. The number of aldehydes is 1. The van der Waals surface area contributed by atoms with E-state index in [4.69, 9.17) is 0 Å². The van der Waals surface area contributed by atoms with Crippen molar-refractivity contribution in [3.8, 4) is 0 Å². The van der Waals surface area contributed by atoms with Crippen LogP contribution in [0.4, 0.5) is 0 Å². The summed E-state index contributed by atoms with van der Waals surface area (Å²) in [6.07, 6.45) is 0.917. The highest BCUT2D eigenvalue weighted by atomic mass is 16.1. The van der Waals surface area contributed by atoms with Crippen LogP contribution in [-0.2, 0) is 4.79 Å². The summed E-state index contributed by atoms with van der Waals surface area (Å²) >= 11 is 0. The number of carbonyl (C=O) groups is 1. The van der Waals surface area contributed by atoms with Crippen molar-refractivity contribution in [2.75, 3.05) is 34.2 Å². The predicted molar refractivity (Wildman–Crippen MR) is 53.4 cm³/mol. The molecule has 0 aliphatic carbocycles. The lowest BCUT2D eigenvalue weighted by Gasteiger charge is -2.06. The minimum atomic E-state index is 0.204. The van der Waals surface area contributed by atoms with Gasteiger partial charge >= 0.3 is 0 Å². The van der Waals surface area contributed by atoms with Crippen molar-refractivity contribution in [2.45, 2.75) is 13.8 Å². The maximum Gasteiger partial charge on any atom is 0.122 e. The van der Waals surface area contributed by atoms with E-state index in [0.29, 0.717) is 0 Å². The van der Waals surface area contributed by atoms with Crippen molar-refractivity contribution in [3.63, 3.8) is 0 Å². The Labute approximate surface area is 76.1 Å². The summed E-state index contributed by atoms with van der Waals surface area (Å²) < 4.78 is 0. The molecule has 0 heterocycles. The first-order valence-corrected chi connectivity index (χ1v) is 4.29. The second kappa shape index (κ2) is 10.6. The molecule has 3 heteroatoms. The third-order valence-electron chi connectivity index (χ3n) is 1.08. The molecule has 0 saturated heterocycles. The SMILES string of the molecule is CC(C)C=O.CNCCN(C)C. The van der Waals surface area contributed by atoms with Gasteiger partial charge in [0.25, 0.3) is 0 Å². The smallest absolute Gasteiger partial charge is 0.122 e. The third-order valence-corrected chi connectivity index (χ3v) is 1.08. The summed E-state index contributed by atoms with van der Waals surface area (Å²) in [5, 5.41) is 3.06. The Balaban J connectivity index is 0. The summed E-state index contributed by atoms with van der Waals surface area (Å²) in [5.41, 5.74) is 0. The molecule has 0 bridgehead atoms. The minimum Gasteiger partial charge on any atom is -0.318 e. The van der Waals surface area contributed by atoms with Gasteiger partial charge in [0.2, 0.25) is 0 Å². The van der Waals surface area contributed by atoms with Crippen molar-refractivity contribution in [2.24, 2.45) is 5.92 Å². The van der Waals surface area contributed by atoms with E-state index in [1.165, 1.54) is 0 Å². The molecular formula is C9H22N2O. The van der Waals surface area contributed by atoms with E-state index < -0.39 is 0 Å². The number of nitrogens with zero attached hydrogens (tertiary/aromatic N) is 1. The Hall–Kier alpha value is -0.410. The zero-order chi connectivity index (χ0) is 9.98. The van der Waals surface area contributed by atoms with Crippen LogP contribution >= 0.6 is 0 Å². The maximum absolute atomic E-state index is 9.50. The molecule has 0 spiro atoms. The highest BCUT2D eigenvalue weighted by molar-refractivity contribution is 5.51. The van der Waals surface area contributed by atoms with Gasteiger partial charge in [-0.15, -0.1) is 0 Å².